The van der Waals surface area contributed by atoms with Crippen LogP contribution in [0.3, 0.4) is 0 Å². The maximum atomic E-state index is 5.99. The molecule has 0 saturated carbocycles. The first-order valence-corrected chi connectivity index (χ1v) is 15.9. The van der Waals surface area contributed by atoms with Crippen LogP contribution < -0.4 is 18.9 Å². The molecule has 0 aromatic heterocycles. The molecule has 0 radical (unpaired) electrons. The van der Waals surface area contributed by atoms with E-state index in [9.17, 15) is 0 Å². The van der Waals surface area contributed by atoms with Crippen molar-refractivity contribution < 1.29 is 47.4 Å². The summed E-state index contributed by atoms with van der Waals surface area (Å²) in [6.07, 6.45) is 0. The Kier molecular flexibility index (Phi) is 14.5. The summed E-state index contributed by atoms with van der Waals surface area (Å²) in [5.41, 5.74) is 0. The molecular formula is C36H44O10. The third-order valence-electron chi connectivity index (χ3n) is 7.08. The van der Waals surface area contributed by atoms with E-state index >= 15 is 0 Å². The minimum absolute atomic E-state index is 0.445. The number of benzene rings is 4. The predicted molar refractivity (Wildman–Crippen MR) is 175 cm³/mol. The van der Waals surface area contributed by atoms with E-state index in [1.54, 1.807) is 0 Å². The van der Waals surface area contributed by atoms with Gasteiger partial charge in [-0.2, -0.15) is 0 Å². The molecule has 4 aromatic carbocycles. The molecule has 4 heterocycles. The van der Waals surface area contributed by atoms with Gasteiger partial charge in [0.05, 0.1) is 79.3 Å². The van der Waals surface area contributed by atoms with Crippen LogP contribution >= 0.6 is 0 Å². The summed E-state index contributed by atoms with van der Waals surface area (Å²) in [5, 5.41) is 4.13. The first-order chi connectivity index (χ1) is 22.9. The molecule has 0 saturated heterocycles. The molecule has 10 heteroatoms. The van der Waals surface area contributed by atoms with Gasteiger partial charge >= 0.3 is 0 Å². The lowest BCUT2D eigenvalue weighted by molar-refractivity contribution is 0.00498. The summed E-state index contributed by atoms with van der Waals surface area (Å²) in [6, 6.07) is 23.9. The van der Waals surface area contributed by atoms with Gasteiger partial charge in [0.15, 0.2) is 0 Å². The standard InChI is InChI=1S/C36H44O10/c1-3-29-27-31-7-9-33(29)35(5-1)45-25-21-41-17-13-38-14-18-42-22-26-46-36-6-2-4-30-28-32(8-10-34(30)36)44-24-20-40-16-12-37-11-15-39-19-23-43-31/h1-10,27-28H,11-26H2. The number of rotatable bonds is 0. The van der Waals surface area contributed by atoms with Crippen LogP contribution in [0.5, 0.6) is 23.0 Å². The molecule has 248 valence electrons. The van der Waals surface area contributed by atoms with Crippen molar-refractivity contribution >= 4 is 21.5 Å². The van der Waals surface area contributed by atoms with Gasteiger partial charge in [0.1, 0.15) is 49.4 Å². The van der Waals surface area contributed by atoms with Crippen molar-refractivity contribution in [3.8, 4) is 23.0 Å². The van der Waals surface area contributed by atoms with Crippen LogP contribution in [0, 0.1) is 0 Å². The highest BCUT2D eigenvalue weighted by atomic mass is 16.6. The Balaban J connectivity index is 1.06. The van der Waals surface area contributed by atoms with Crippen LogP contribution in [0.15, 0.2) is 72.8 Å². The van der Waals surface area contributed by atoms with E-state index in [0.717, 1.165) is 44.5 Å². The van der Waals surface area contributed by atoms with E-state index in [1.807, 2.05) is 72.8 Å². The van der Waals surface area contributed by atoms with Crippen LogP contribution in [0.25, 0.3) is 21.5 Å². The van der Waals surface area contributed by atoms with E-state index < -0.39 is 0 Å². The Bertz CT molecular complexity index is 1340. The smallest absolute Gasteiger partial charge is 0.127 e. The molecule has 0 aliphatic carbocycles. The third-order valence-corrected chi connectivity index (χ3v) is 7.08. The van der Waals surface area contributed by atoms with Crippen molar-refractivity contribution in [2.24, 2.45) is 0 Å². The Hall–Kier alpha value is -3.64. The van der Waals surface area contributed by atoms with Gasteiger partial charge in [0.2, 0.25) is 0 Å². The molecule has 8 rings (SSSR count). The zero-order valence-electron chi connectivity index (χ0n) is 26.3. The van der Waals surface area contributed by atoms with E-state index in [2.05, 4.69) is 0 Å². The Morgan fingerprint density at radius 2 is 0.630 bits per heavy atom. The van der Waals surface area contributed by atoms with Crippen LogP contribution in [0.2, 0.25) is 0 Å². The first-order valence-electron chi connectivity index (χ1n) is 15.9. The normalized spacial score (nSPS) is 18.1. The zero-order valence-corrected chi connectivity index (χ0v) is 26.3. The highest BCUT2D eigenvalue weighted by molar-refractivity contribution is 5.90. The molecule has 10 nitrogen and oxygen atoms in total. The lowest BCUT2D eigenvalue weighted by atomic mass is 10.1. The van der Waals surface area contributed by atoms with Crippen LogP contribution in [0.4, 0.5) is 0 Å². The maximum absolute atomic E-state index is 5.99. The van der Waals surface area contributed by atoms with Crippen LogP contribution in [0.1, 0.15) is 0 Å². The second-order valence-corrected chi connectivity index (χ2v) is 10.3. The van der Waals surface area contributed by atoms with Crippen molar-refractivity contribution in [3.05, 3.63) is 72.8 Å². The average molecular weight is 637 g/mol. The minimum atomic E-state index is 0.445. The van der Waals surface area contributed by atoms with Crippen LogP contribution in [-0.2, 0) is 28.4 Å². The molecule has 0 N–H and O–H groups in total. The molecular weight excluding hydrogens is 592 g/mol. The molecule has 0 atom stereocenters. The molecule has 4 aliphatic heterocycles. The SMILES string of the molecule is c1cc2c3ccc(cc3c1)OCCOCCOCCOCCOc1ccc3c(cccc3c1)OCCOCCOCCOCCO2. The van der Waals surface area contributed by atoms with Gasteiger partial charge in [-0.05, 0) is 59.3 Å². The second kappa shape index (κ2) is 19.8. The lowest BCUT2D eigenvalue weighted by Gasteiger charge is -2.12. The van der Waals surface area contributed by atoms with Gasteiger partial charge < -0.3 is 47.4 Å². The molecule has 4 aromatic rings. The van der Waals surface area contributed by atoms with Crippen molar-refractivity contribution in [1.29, 1.82) is 0 Å². The number of hydrogen-bond donors (Lipinski definition) is 0. The second-order valence-electron chi connectivity index (χ2n) is 10.3. The summed E-state index contributed by atoms with van der Waals surface area (Å²) in [7, 11) is 0. The lowest BCUT2D eigenvalue weighted by Crippen LogP contribution is -2.14. The first kappa shape index (κ1) is 33.7. The molecule has 0 fully saturated rings. The van der Waals surface area contributed by atoms with E-state index in [-0.39, 0.29) is 0 Å². The Morgan fingerprint density at radius 3 is 1.00 bits per heavy atom. The van der Waals surface area contributed by atoms with E-state index in [1.165, 1.54) is 0 Å². The molecule has 0 unspecified atom stereocenters. The van der Waals surface area contributed by atoms with Crippen molar-refractivity contribution in [3.63, 3.8) is 0 Å². The zero-order chi connectivity index (χ0) is 31.5. The number of ether oxygens (including phenoxy) is 10. The predicted octanol–water partition coefficient (Wildman–Crippen LogP) is 5.32. The fraction of sp³-hybridized carbons (Fsp3) is 0.444. The van der Waals surface area contributed by atoms with Gasteiger partial charge in [-0.3, -0.25) is 0 Å². The quantitative estimate of drug-likeness (QED) is 0.253. The average Bonchev–Trinajstić information content (AvgIpc) is 3.08. The van der Waals surface area contributed by atoms with E-state index in [4.69, 9.17) is 47.4 Å². The molecule has 0 spiro atoms. The highest BCUT2D eigenvalue weighted by Gasteiger charge is 2.06. The van der Waals surface area contributed by atoms with E-state index in [0.29, 0.717) is 106 Å². The van der Waals surface area contributed by atoms with Gasteiger partial charge in [-0.25, -0.2) is 0 Å². The summed E-state index contributed by atoms with van der Waals surface area (Å²) in [4.78, 5) is 0. The summed E-state index contributed by atoms with van der Waals surface area (Å²) in [5.74, 6) is 3.19. The Morgan fingerprint density at radius 1 is 0.304 bits per heavy atom. The summed E-state index contributed by atoms with van der Waals surface area (Å²) >= 11 is 0. The fourth-order valence-corrected chi connectivity index (χ4v) is 4.84. The summed E-state index contributed by atoms with van der Waals surface area (Å²) in [6.45, 7) is 7.59. The largest absolute Gasteiger partial charge is 0.491 e. The van der Waals surface area contributed by atoms with Gasteiger partial charge in [-0.15, -0.1) is 0 Å². The summed E-state index contributed by atoms with van der Waals surface area (Å²) < 4.78 is 57.6. The number of hydrogen-bond acceptors (Lipinski definition) is 10. The molecule has 0 amide bonds. The third kappa shape index (κ3) is 11.3. The topological polar surface area (TPSA) is 92.3 Å². The van der Waals surface area contributed by atoms with Gasteiger partial charge in [0, 0.05) is 10.8 Å². The fourth-order valence-electron chi connectivity index (χ4n) is 4.84. The maximum Gasteiger partial charge on any atom is 0.127 e. The van der Waals surface area contributed by atoms with Gasteiger partial charge in [-0.1, -0.05) is 24.3 Å². The Labute approximate surface area is 270 Å². The van der Waals surface area contributed by atoms with Gasteiger partial charge in [0.25, 0.3) is 0 Å². The molecule has 46 heavy (non-hydrogen) atoms. The minimum Gasteiger partial charge on any atom is -0.491 e. The highest BCUT2D eigenvalue weighted by Crippen LogP contribution is 2.30. The van der Waals surface area contributed by atoms with Crippen molar-refractivity contribution in [2.75, 3.05) is 106 Å². The van der Waals surface area contributed by atoms with Crippen LogP contribution in [-0.4, -0.2) is 106 Å². The molecule has 8 bridgehead atoms. The van der Waals surface area contributed by atoms with Crippen molar-refractivity contribution in [2.45, 2.75) is 0 Å². The van der Waals surface area contributed by atoms with Crippen molar-refractivity contribution in [1.82, 2.24) is 0 Å². The molecule has 4 aliphatic rings. The monoisotopic (exact) mass is 636 g/mol.